The van der Waals surface area contributed by atoms with E-state index in [2.05, 4.69) is 14.8 Å². The van der Waals surface area contributed by atoms with Gasteiger partial charge in [-0.05, 0) is 36.6 Å². The van der Waals surface area contributed by atoms with Gasteiger partial charge in [0.15, 0.2) is 0 Å². The van der Waals surface area contributed by atoms with E-state index < -0.39 is 10.2 Å². The van der Waals surface area contributed by atoms with Crippen LogP contribution in [0, 0.1) is 0 Å². The summed E-state index contributed by atoms with van der Waals surface area (Å²) < 4.78 is 28.7. The third kappa shape index (κ3) is 3.22. The second kappa shape index (κ2) is 5.69. The van der Waals surface area contributed by atoms with Gasteiger partial charge in [0.1, 0.15) is 0 Å². The fourth-order valence-corrected chi connectivity index (χ4v) is 3.07. The number of anilines is 1. The van der Waals surface area contributed by atoms with E-state index in [9.17, 15) is 8.42 Å². The molecule has 2 rings (SSSR count). The molecule has 1 aliphatic heterocycles. The van der Waals surface area contributed by atoms with Gasteiger partial charge < -0.3 is 5.32 Å². The zero-order valence-electron chi connectivity index (χ0n) is 10.5. The molecule has 0 aromatic heterocycles. The Kier molecular flexibility index (Phi) is 4.21. The summed E-state index contributed by atoms with van der Waals surface area (Å²) in [4.78, 5) is 0. The quantitative estimate of drug-likeness (QED) is 0.746. The van der Waals surface area contributed by atoms with Crippen LogP contribution < -0.4 is 14.8 Å². The minimum atomic E-state index is -3.45. The molecule has 0 unspecified atom stereocenters. The molecule has 0 spiro atoms. The van der Waals surface area contributed by atoms with Crippen molar-refractivity contribution < 1.29 is 8.42 Å². The third-order valence-electron chi connectivity index (χ3n) is 2.93. The molecule has 0 saturated heterocycles. The fourth-order valence-electron chi connectivity index (χ4n) is 2.04. The van der Waals surface area contributed by atoms with Crippen LogP contribution in [0.4, 0.5) is 5.69 Å². The van der Waals surface area contributed by atoms with E-state index in [1.54, 1.807) is 0 Å². The molecular formula is C12H19N3O2S. The summed E-state index contributed by atoms with van der Waals surface area (Å²) in [7, 11) is -3.45. The molecular weight excluding hydrogens is 250 g/mol. The summed E-state index contributed by atoms with van der Waals surface area (Å²) in [5, 5.41) is 3.27. The minimum Gasteiger partial charge on any atom is -0.312 e. The standard InChI is InChI=1S/C12H19N3O2S/c1-2-7-14-18(16,17)15-12-5-3-4-10-9-13-8-6-11(10)12/h3-5,13-15H,2,6-9H2,1H3. The van der Waals surface area contributed by atoms with Crippen molar-refractivity contribution in [3.8, 4) is 0 Å². The van der Waals surface area contributed by atoms with E-state index >= 15 is 0 Å². The first-order chi connectivity index (χ1) is 8.62. The Morgan fingerprint density at radius 1 is 1.39 bits per heavy atom. The number of benzene rings is 1. The van der Waals surface area contributed by atoms with E-state index in [-0.39, 0.29) is 0 Å². The molecule has 1 heterocycles. The third-order valence-corrected chi connectivity index (χ3v) is 4.00. The largest absolute Gasteiger partial charge is 0.312 e. The van der Waals surface area contributed by atoms with E-state index in [0.29, 0.717) is 12.2 Å². The molecule has 0 fully saturated rings. The number of fused-ring (bicyclic) bond motifs is 1. The van der Waals surface area contributed by atoms with E-state index in [1.807, 2.05) is 25.1 Å². The molecule has 5 nitrogen and oxygen atoms in total. The normalized spacial score (nSPS) is 15.2. The summed E-state index contributed by atoms with van der Waals surface area (Å²) in [5.41, 5.74) is 2.95. The second-order valence-corrected chi connectivity index (χ2v) is 5.87. The molecule has 1 aromatic rings. The lowest BCUT2D eigenvalue weighted by molar-refractivity contribution is 0.586. The predicted octanol–water partition coefficient (Wildman–Crippen LogP) is 0.989. The van der Waals surface area contributed by atoms with Crippen molar-refractivity contribution in [1.29, 1.82) is 0 Å². The van der Waals surface area contributed by atoms with Gasteiger partial charge in [-0.1, -0.05) is 19.1 Å². The van der Waals surface area contributed by atoms with Crippen LogP contribution in [0.2, 0.25) is 0 Å². The lowest BCUT2D eigenvalue weighted by Gasteiger charge is -2.21. The molecule has 6 heteroatoms. The van der Waals surface area contributed by atoms with Crippen LogP contribution >= 0.6 is 0 Å². The predicted molar refractivity (Wildman–Crippen MR) is 72.7 cm³/mol. The molecule has 0 saturated carbocycles. The van der Waals surface area contributed by atoms with Crippen LogP contribution in [0.1, 0.15) is 24.5 Å². The van der Waals surface area contributed by atoms with Gasteiger partial charge in [-0.3, -0.25) is 4.72 Å². The maximum absolute atomic E-state index is 11.8. The molecule has 0 atom stereocenters. The van der Waals surface area contributed by atoms with Gasteiger partial charge >= 0.3 is 0 Å². The summed E-state index contributed by atoms with van der Waals surface area (Å²) >= 11 is 0. The Labute approximate surface area is 108 Å². The molecule has 0 radical (unpaired) electrons. The van der Waals surface area contributed by atoms with Gasteiger partial charge in [0.25, 0.3) is 10.2 Å². The molecule has 0 amide bonds. The first-order valence-corrected chi connectivity index (χ1v) is 7.69. The van der Waals surface area contributed by atoms with Crippen LogP contribution in [0.15, 0.2) is 18.2 Å². The average molecular weight is 269 g/mol. The van der Waals surface area contributed by atoms with Crippen LogP contribution in [0.3, 0.4) is 0 Å². The lowest BCUT2D eigenvalue weighted by atomic mass is 9.99. The zero-order chi connectivity index (χ0) is 13.0. The topological polar surface area (TPSA) is 70.2 Å². The summed E-state index contributed by atoms with van der Waals surface area (Å²) in [6.07, 6.45) is 1.62. The highest BCUT2D eigenvalue weighted by Gasteiger charge is 2.16. The van der Waals surface area contributed by atoms with Crippen molar-refractivity contribution in [3.05, 3.63) is 29.3 Å². The van der Waals surface area contributed by atoms with Gasteiger partial charge in [0.05, 0.1) is 5.69 Å². The molecule has 3 N–H and O–H groups in total. The molecule has 1 aliphatic rings. The highest BCUT2D eigenvalue weighted by molar-refractivity contribution is 7.90. The van der Waals surface area contributed by atoms with Crippen LogP contribution in [-0.2, 0) is 23.2 Å². The van der Waals surface area contributed by atoms with Crippen molar-refractivity contribution >= 4 is 15.9 Å². The second-order valence-electron chi connectivity index (χ2n) is 4.37. The molecule has 0 bridgehead atoms. The maximum Gasteiger partial charge on any atom is 0.299 e. The van der Waals surface area contributed by atoms with E-state index in [4.69, 9.17) is 0 Å². The Morgan fingerprint density at radius 2 is 2.22 bits per heavy atom. The first kappa shape index (κ1) is 13.3. The van der Waals surface area contributed by atoms with Crippen LogP contribution in [-0.4, -0.2) is 21.5 Å². The summed E-state index contributed by atoms with van der Waals surface area (Å²) in [6, 6.07) is 5.72. The van der Waals surface area contributed by atoms with Crippen LogP contribution in [0.25, 0.3) is 0 Å². The molecule has 0 aliphatic carbocycles. The number of rotatable bonds is 5. The number of hydrogen-bond donors (Lipinski definition) is 3. The van der Waals surface area contributed by atoms with Crippen molar-refractivity contribution in [1.82, 2.24) is 10.0 Å². The highest BCUT2D eigenvalue weighted by Crippen LogP contribution is 2.23. The van der Waals surface area contributed by atoms with Gasteiger partial charge in [-0.2, -0.15) is 13.1 Å². The summed E-state index contributed by atoms with van der Waals surface area (Å²) in [5.74, 6) is 0. The fraction of sp³-hybridized carbons (Fsp3) is 0.500. The first-order valence-electron chi connectivity index (χ1n) is 6.21. The van der Waals surface area contributed by atoms with E-state index in [1.165, 1.54) is 0 Å². The highest BCUT2D eigenvalue weighted by atomic mass is 32.2. The average Bonchev–Trinajstić information content (AvgIpc) is 2.37. The smallest absolute Gasteiger partial charge is 0.299 e. The Hall–Kier alpha value is -1.11. The number of nitrogens with one attached hydrogen (secondary N) is 3. The Balaban J connectivity index is 2.19. The van der Waals surface area contributed by atoms with Crippen molar-refractivity contribution in [2.45, 2.75) is 26.3 Å². The Morgan fingerprint density at radius 3 is 3.00 bits per heavy atom. The summed E-state index contributed by atoms with van der Waals surface area (Å²) in [6.45, 7) is 4.06. The van der Waals surface area contributed by atoms with Crippen molar-refractivity contribution in [2.24, 2.45) is 0 Å². The number of hydrogen-bond acceptors (Lipinski definition) is 3. The zero-order valence-corrected chi connectivity index (χ0v) is 11.3. The minimum absolute atomic E-state index is 0.450. The molecule has 1 aromatic carbocycles. The molecule has 18 heavy (non-hydrogen) atoms. The monoisotopic (exact) mass is 269 g/mol. The maximum atomic E-state index is 11.8. The van der Waals surface area contributed by atoms with Crippen molar-refractivity contribution in [2.75, 3.05) is 17.8 Å². The van der Waals surface area contributed by atoms with Crippen molar-refractivity contribution in [3.63, 3.8) is 0 Å². The molecule has 100 valence electrons. The SMILES string of the molecule is CCCNS(=O)(=O)Nc1cccc2c1CCNC2. The Bertz CT molecular complexity index is 514. The van der Waals surface area contributed by atoms with Gasteiger partial charge in [-0.25, -0.2) is 0 Å². The van der Waals surface area contributed by atoms with Gasteiger partial charge in [-0.15, -0.1) is 0 Å². The van der Waals surface area contributed by atoms with Gasteiger partial charge in [0, 0.05) is 13.1 Å². The lowest BCUT2D eigenvalue weighted by Crippen LogP contribution is -2.32. The van der Waals surface area contributed by atoms with Gasteiger partial charge in [0.2, 0.25) is 0 Å². The van der Waals surface area contributed by atoms with E-state index in [0.717, 1.165) is 37.1 Å². The van der Waals surface area contributed by atoms with Crippen LogP contribution in [0.5, 0.6) is 0 Å².